The number of aliphatic carboxylic acids is 1. The topological polar surface area (TPSA) is 49.8 Å². The smallest absolute Gasteiger partial charge is 0.307 e. The number of rotatable bonds is 6. The summed E-state index contributed by atoms with van der Waals surface area (Å²) >= 11 is 0. The molecule has 2 aromatic rings. The highest BCUT2D eigenvalue weighted by Crippen LogP contribution is 2.49. The Balaban J connectivity index is 2.14. The molecule has 156 valence electrons. The molecular formula is C25H33NO3. The van der Waals surface area contributed by atoms with Crippen molar-refractivity contribution < 1.29 is 14.6 Å². The van der Waals surface area contributed by atoms with E-state index in [2.05, 4.69) is 58.8 Å². The molecule has 0 radical (unpaired) electrons. The Hall–Kier alpha value is -2.33. The van der Waals surface area contributed by atoms with Crippen LogP contribution >= 0.6 is 0 Å². The summed E-state index contributed by atoms with van der Waals surface area (Å²) in [5, 5.41) is 9.01. The van der Waals surface area contributed by atoms with Crippen LogP contribution < -0.4 is 4.74 Å². The fraction of sp³-hybridized carbons (Fsp3) is 0.480. The predicted octanol–water partition coefficient (Wildman–Crippen LogP) is 5.44. The van der Waals surface area contributed by atoms with Crippen molar-refractivity contribution in [2.24, 2.45) is 0 Å². The fourth-order valence-electron chi connectivity index (χ4n) is 4.33. The van der Waals surface area contributed by atoms with E-state index in [0.29, 0.717) is 6.04 Å². The van der Waals surface area contributed by atoms with E-state index in [1.807, 2.05) is 24.3 Å². The highest BCUT2D eigenvalue weighted by Gasteiger charge is 2.36. The van der Waals surface area contributed by atoms with Gasteiger partial charge in [0.1, 0.15) is 5.75 Å². The highest BCUT2D eigenvalue weighted by molar-refractivity contribution is 5.72. The van der Waals surface area contributed by atoms with Crippen molar-refractivity contribution >= 4 is 5.97 Å². The van der Waals surface area contributed by atoms with Crippen LogP contribution in [0.4, 0.5) is 0 Å². The molecule has 1 N–H and O–H groups in total. The first-order chi connectivity index (χ1) is 13.6. The number of benzene rings is 2. The van der Waals surface area contributed by atoms with Crippen LogP contribution in [0.1, 0.15) is 63.3 Å². The number of carbonyl (C=O) groups is 1. The van der Waals surface area contributed by atoms with E-state index in [4.69, 9.17) is 9.84 Å². The summed E-state index contributed by atoms with van der Waals surface area (Å²) < 4.78 is 6.32. The maximum atomic E-state index is 11.0. The molecule has 2 aromatic carbocycles. The van der Waals surface area contributed by atoms with Gasteiger partial charge in [0, 0.05) is 11.6 Å². The number of ether oxygens (including phenoxy) is 1. The number of hydrogen-bond donors (Lipinski definition) is 1. The quantitative estimate of drug-likeness (QED) is 0.707. The van der Waals surface area contributed by atoms with E-state index in [0.717, 1.165) is 35.3 Å². The molecule has 1 unspecified atom stereocenters. The second kappa shape index (κ2) is 8.19. The Kier molecular flexibility index (Phi) is 6.04. The number of nitrogens with zero attached hydrogens (tertiary/aromatic N) is 1. The fourth-order valence-corrected chi connectivity index (χ4v) is 4.33. The molecule has 0 saturated carbocycles. The lowest BCUT2D eigenvalue weighted by Gasteiger charge is -2.41. The van der Waals surface area contributed by atoms with Gasteiger partial charge in [-0.05, 0) is 74.5 Å². The van der Waals surface area contributed by atoms with Crippen LogP contribution in [0.2, 0.25) is 0 Å². The van der Waals surface area contributed by atoms with Gasteiger partial charge in [0.15, 0.2) is 0 Å². The molecule has 4 nitrogen and oxygen atoms in total. The van der Waals surface area contributed by atoms with Crippen LogP contribution in [-0.4, -0.2) is 36.2 Å². The largest absolute Gasteiger partial charge is 0.491 e. The van der Waals surface area contributed by atoms with Crippen LogP contribution in [0.3, 0.4) is 0 Å². The van der Waals surface area contributed by atoms with Gasteiger partial charge in [-0.25, -0.2) is 0 Å². The second-order valence-corrected chi connectivity index (χ2v) is 9.27. The molecule has 0 heterocycles. The average molecular weight is 396 g/mol. The standard InChI is InChI=1S/C25H33NO3/c1-16(2)29-22-15-19(18-9-7-17(8-10-18)13-23(27)28)14-20-24(22)21(26(5)6)11-12-25(20,3)4/h7-10,14-16,21H,11-13H2,1-6H3,(H,27,28). The number of carboxylic acids is 1. The predicted molar refractivity (Wildman–Crippen MR) is 118 cm³/mol. The normalized spacial score (nSPS) is 18.0. The Bertz CT molecular complexity index is 882. The van der Waals surface area contributed by atoms with Gasteiger partial charge in [-0.1, -0.05) is 44.2 Å². The Labute approximate surface area is 174 Å². The minimum absolute atomic E-state index is 0.0454. The molecule has 3 rings (SSSR count). The maximum absolute atomic E-state index is 11.0. The van der Waals surface area contributed by atoms with Crippen molar-refractivity contribution in [3.05, 3.63) is 53.1 Å². The third-order valence-corrected chi connectivity index (χ3v) is 5.88. The van der Waals surface area contributed by atoms with Crippen molar-refractivity contribution in [3.63, 3.8) is 0 Å². The van der Waals surface area contributed by atoms with Crippen molar-refractivity contribution in [1.82, 2.24) is 4.90 Å². The first-order valence-electron chi connectivity index (χ1n) is 10.4. The average Bonchev–Trinajstić information content (AvgIpc) is 2.61. The molecule has 0 saturated heterocycles. The van der Waals surface area contributed by atoms with Gasteiger partial charge in [-0.15, -0.1) is 0 Å². The zero-order valence-electron chi connectivity index (χ0n) is 18.5. The molecule has 29 heavy (non-hydrogen) atoms. The van der Waals surface area contributed by atoms with E-state index in [1.165, 1.54) is 11.1 Å². The third-order valence-electron chi connectivity index (χ3n) is 5.88. The molecule has 0 spiro atoms. The van der Waals surface area contributed by atoms with Gasteiger partial charge in [-0.2, -0.15) is 0 Å². The van der Waals surface area contributed by atoms with E-state index < -0.39 is 5.97 Å². The van der Waals surface area contributed by atoms with Crippen molar-refractivity contribution in [2.45, 2.75) is 64.5 Å². The van der Waals surface area contributed by atoms with Gasteiger partial charge in [-0.3, -0.25) is 4.79 Å². The monoisotopic (exact) mass is 395 g/mol. The first-order valence-corrected chi connectivity index (χ1v) is 10.4. The summed E-state index contributed by atoms with van der Waals surface area (Å²) in [6, 6.07) is 12.6. The van der Waals surface area contributed by atoms with Crippen LogP contribution in [0, 0.1) is 0 Å². The summed E-state index contributed by atoms with van der Waals surface area (Å²) in [6.07, 6.45) is 2.39. The van der Waals surface area contributed by atoms with Crippen LogP contribution in [0.25, 0.3) is 11.1 Å². The molecule has 0 bridgehead atoms. The first kappa shape index (κ1) is 21.4. The van der Waals surface area contributed by atoms with E-state index in [1.54, 1.807) is 0 Å². The van der Waals surface area contributed by atoms with Gasteiger partial charge in [0.25, 0.3) is 0 Å². The molecule has 0 amide bonds. The van der Waals surface area contributed by atoms with Crippen LogP contribution in [0.15, 0.2) is 36.4 Å². The molecule has 0 aromatic heterocycles. The molecule has 0 aliphatic heterocycles. The summed E-state index contributed by atoms with van der Waals surface area (Å²) in [6.45, 7) is 8.77. The molecule has 0 fully saturated rings. The molecule has 1 atom stereocenters. The van der Waals surface area contributed by atoms with E-state index in [-0.39, 0.29) is 17.9 Å². The lowest BCUT2D eigenvalue weighted by Crippen LogP contribution is -2.33. The van der Waals surface area contributed by atoms with E-state index >= 15 is 0 Å². The Morgan fingerprint density at radius 1 is 1.17 bits per heavy atom. The van der Waals surface area contributed by atoms with Crippen LogP contribution in [0.5, 0.6) is 5.75 Å². The SMILES string of the molecule is CC(C)Oc1cc(-c2ccc(CC(=O)O)cc2)cc2c1C(N(C)C)CCC2(C)C. The van der Waals surface area contributed by atoms with Gasteiger partial charge < -0.3 is 14.7 Å². The van der Waals surface area contributed by atoms with Crippen LogP contribution in [-0.2, 0) is 16.6 Å². The minimum Gasteiger partial charge on any atom is -0.491 e. The molecule has 1 aliphatic rings. The van der Waals surface area contributed by atoms with Crippen molar-refractivity contribution in [3.8, 4) is 16.9 Å². The molecule has 4 heteroatoms. The summed E-state index contributed by atoms with van der Waals surface area (Å²) in [7, 11) is 4.28. The summed E-state index contributed by atoms with van der Waals surface area (Å²) in [5.41, 5.74) is 5.75. The second-order valence-electron chi connectivity index (χ2n) is 9.27. The molecular weight excluding hydrogens is 362 g/mol. The lowest BCUT2D eigenvalue weighted by molar-refractivity contribution is -0.136. The third kappa shape index (κ3) is 4.64. The van der Waals surface area contributed by atoms with Crippen molar-refractivity contribution in [2.75, 3.05) is 14.1 Å². The van der Waals surface area contributed by atoms with Crippen molar-refractivity contribution in [1.29, 1.82) is 0 Å². The summed E-state index contributed by atoms with van der Waals surface area (Å²) in [5.74, 6) is 0.157. The zero-order chi connectivity index (χ0) is 21.3. The number of hydrogen-bond acceptors (Lipinski definition) is 3. The Morgan fingerprint density at radius 2 is 1.83 bits per heavy atom. The maximum Gasteiger partial charge on any atom is 0.307 e. The number of carboxylic acid groups (broad SMARTS) is 1. The van der Waals surface area contributed by atoms with Gasteiger partial charge in [0.2, 0.25) is 0 Å². The van der Waals surface area contributed by atoms with E-state index in [9.17, 15) is 4.79 Å². The minimum atomic E-state index is -0.810. The highest BCUT2D eigenvalue weighted by atomic mass is 16.5. The van der Waals surface area contributed by atoms with Gasteiger partial charge in [0.05, 0.1) is 12.5 Å². The summed E-state index contributed by atoms with van der Waals surface area (Å²) in [4.78, 5) is 13.3. The van der Waals surface area contributed by atoms with Gasteiger partial charge >= 0.3 is 5.97 Å². The zero-order valence-corrected chi connectivity index (χ0v) is 18.5. The number of fused-ring (bicyclic) bond motifs is 1. The lowest BCUT2D eigenvalue weighted by atomic mass is 9.69. The molecule has 1 aliphatic carbocycles. The Morgan fingerprint density at radius 3 is 2.38 bits per heavy atom.